The molecule has 1 aliphatic carbocycles. The highest BCUT2D eigenvalue weighted by Gasteiger charge is 2.55. The van der Waals surface area contributed by atoms with Crippen molar-refractivity contribution < 1.29 is 4.42 Å². The molecule has 0 unspecified atom stereocenters. The Hall–Kier alpha value is -3.20. The van der Waals surface area contributed by atoms with Crippen molar-refractivity contribution in [2.24, 2.45) is 0 Å². The van der Waals surface area contributed by atoms with Crippen LogP contribution in [0, 0.1) is 0 Å². The van der Waals surface area contributed by atoms with Crippen LogP contribution in [0.2, 0.25) is 5.82 Å². The van der Waals surface area contributed by atoms with Crippen LogP contribution in [-0.4, -0.2) is 6.71 Å². The van der Waals surface area contributed by atoms with Crippen molar-refractivity contribution in [3.63, 3.8) is 0 Å². The Bertz CT molecular complexity index is 1220. The Kier molecular flexibility index (Phi) is 3.27. The minimum atomic E-state index is -0.456. The van der Waals surface area contributed by atoms with Crippen LogP contribution in [0.3, 0.4) is 0 Å². The van der Waals surface area contributed by atoms with E-state index in [1.807, 2.05) is 0 Å². The molecule has 1 spiro atoms. The minimum absolute atomic E-state index is 0.227. The maximum Gasteiger partial charge on any atom is 0.219 e. The van der Waals surface area contributed by atoms with Crippen molar-refractivity contribution in [1.29, 1.82) is 0 Å². The van der Waals surface area contributed by atoms with Crippen LogP contribution in [0.4, 0.5) is 5.69 Å². The average Bonchev–Trinajstić information content (AvgIpc) is 3.26. The number of rotatable bonds is 1. The first-order chi connectivity index (χ1) is 14.2. The topological polar surface area (TPSA) is 39.2 Å². The summed E-state index contributed by atoms with van der Waals surface area (Å²) in [4.78, 5) is 0. The molecule has 0 amide bonds. The molecule has 29 heavy (non-hydrogen) atoms. The highest BCUT2D eigenvalue weighted by Crippen LogP contribution is 2.56. The molecule has 1 aliphatic heterocycles. The summed E-state index contributed by atoms with van der Waals surface area (Å²) in [6, 6.07) is 26.3. The van der Waals surface area contributed by atoms with Crippen LogP contribution in [0.5, 0.6) is 0 Å². The Labute approximate surface area is 171 Å². The molecule has 1 aromatic heterocycles. The first-order valence-electron chi connectivity index (χ1n) is 10.3. The molecule has 0 atom stereocenters. The van der Waals surface area contributed by atoms with Crippen molar-refractivity contribution >= 4 is 23.3 Å². The SMILES string of the molecule is CC(C)B1c2ccccc2C2(c3ccccc3-c3ccccc32)c2occ(N)c21. The summed E-state index contributed by atoms with van der Waals surface area (Å²) < 4.78 is 6.35. The molecule has 2 N–H and O–H groups in total. The monoisotopic (exact) mass is 375 g/mol. The van der Waals surface area contributed by atoms with Crippen molar-refractivity contribution in [3.05, 3.63) is 102 Å². The maximum absolute atomic E-state index is 6.54. The summed E-state index contributed by atoms with van der Waals surface area (Å²) in [5.74, 6) is 1.41. The van der Waals surface area contributed by atoms with Crippen LogP contribution >= 0.6 is 0 Å². The number of anilines is 1. The van der Waals surface area contributed by atoms with E-state index in [4.69, 9.17) is 10.2 Å². The summed E-state index contributed by atoms with van der Waals surface area (Å²) in [7, 11) is 0. The van der Waals surface area contributed by atoms with Crippen LogP contribution < -0.4 is 16.7 Å². The van der Waals surface area contributed by atoms with E-state index in [0.29, 0.717) is 5.82 Å². The lowest BCUT2D eigenvalue weighted by Gasteiger charge is -2.40. The van der Waals surface area contributed by atoms with Gasteiger partial charge >= 0.3 is 0 Å². The number of furan rings is 1. The predicted molar refractivity (Wildman–Crippen MR) is 121 cm³/mol. The lowest BCUT2D eigenvalue weighted by molar-refractivity contribution is 0.469. The molecule has 0 bridgehead atoms. The normalized spacial score (nSPS) is 15.2. The van der Waals surface area contributed by atoms with Gasteiger partial charge in [0, 0.05) is 0 Å². The fourth-order valence-corrected chi connectivity index (χ4v) is 5.84. The summed E-state index contributed by atoms with van der Waals surface area (Å²) in [5.41, 5.74) is 15.8. The van der Waals surface area contributed by atoms with Crippen molar-refractivity contribution in [1.82, 2.24) is 0 Å². The molecule has 2 aliphatic rings. The summed E-state index contributed by atoms with van der Waals surface area (Å²) in [6.07, 6.45) is 1.75. The zero-order chi connectivity index (χ0) is 19.8. The fourth-order valence-electron chi connectivity index (χ4n) is 5.84. The third kappa shape index (κ3) is 1.88. The van der Waals surface area contributed by atoms with Gasteiger partial charge in [-0.25, -0.2) is 0 Å². The highest BCUT2D eigenvalue weighted by molar-refractivity contribution is 6.88. The number of hydrogen-bond acceptors (Lipinski definition) is 2. The van der Waals surface area contributed by atoms with Crippen LogP contribution in [0.1, 0.15) is 36.3 Å². The third-order valence-electron chi connectivity index (χ3n) is 6.83. The molecule has 0 saturated heterocycles. The van der Waals surface area contributed by atoms with E-state index in [1.165, 1.54) is 33.3 Å². The van der Waals surface area contributed by atoms with E-state index in [9.17, 15) is 0 Å². The molecule has 2 heterocycles. The first-order valence-corrected chi connectivity index (χ1v) is 10.3. The van der Waals surface area contributed by atoms with Gasteiger partial charge in [0.05, 0.1) is 5.69 Å². The van der Waals surface area contributed by atoms with Crippen molar-refractivity contribution in [2.75, 3.05) is 5.73 Å². The van der Waals surface area contributed by atoms with Crippen molar-refractivity contribution in [2.45, 2.75) is 25.1 Å². The van der Waals surface area contributed by atoms with Gasteiger partial charge in [0.25, 0.3) is 0 Å². The Morgan fingerprint density at radius 1 is 0.793 bits per heavy atom. The van der Waals surface area contributed by atoms with Crippen molar-refractivity contribution in [3.8, 4) is 11.1 Å². The van der Waals surface area contributed by atoms with E-state index in [1.54, 1.807) is 6.26 Å². The van der Waals surface area contributed by atoms with Gasteiger partial charge in [0.1, 0.15) is 17.4 Å². The summed E-state index contributed by atoms with van der Waals surface area (Å²) in [5, 5.41) is 0. The van der Waals surface area contributed by atoms with Gasteiger partial charge in [-0.05, 0) is 33.3 Å². The summed E-state index contributed by atoms with van der Waals surface area (Å²) >= 11 is 0. The molecule has 0 saturated carbocycles. The number of benzene rings is 3. The summed E-state index contributed by atoms with van der Waals surface area (Å²) in [6.45, 7) is 4.77. The molecule has 3 heteroatoms. The quantitative estimate of drug-likeness (QED) is 0.437. The second-order valence-electron chi connectivity index (χ2n) is 8.58. The molecular formula is C26H22BNO. The van der Waals surface area contributed by atoms with Gasteiger partial charge in [-0.2, -0.15) is 0 Å². The Balaban J connectivity index is 1.85. The van der Waals surface area contributed by atoms with Gasteiger partial charge < -0.3 is 10.2 Å². The lowest BCUT2D eigenvalue weighted by atomic mass is 9.29. The number of hydrogen-bond donors (Lipinski definition) is 1. The van der Waals surface area contributed by atoms with E-state index < -0.39 is 5.41 Å². The third-order valence-corrected chi connectivity index (χ3v) is 6.83. The van der Waals surface area contributed by atoms with E-state index in [0.717, 1.165) is 16.9 Å². The minimum Gasteiger partial charge on any atom is -0.466 e. The second-order valence-corrected chi connectivity index (χ2v) is 8.58. The predicted octanol–water partition coefficient (Wildman–Crippen LogP) is 4.56. The molecule has 3 aromatic carbocycles. The first kappa shape index (κ1) is 16.7. The smallest absolute Gasteiger partial charge is 0.219 e. The molecule has 0 radical (unpaired) electrons. The molecule has 6 rings (SSSR count). The number of nitrogen functional groups attached to an aromatic ring is 1. The van der Waals surface area contributed by atoms with Crippen LogP contribution in [0.25, 0.3) is 11.1 Å². The standard InChI is InChI=1S/C26H22BNO/c1-16(2)27-22-14-8-7-13-21(22)26(25-24(27)23(28)15-29-25)19-11-5-3-9-17(19)18-10-4-6-12-20(18)26/h3-16H,28H2,1-2H3. The number of fused-ring (bicyclic) bond motifs is 9. The highest BCUT2D eigenvalue weighted by atomic mass is 16.3. The zero-order valence-corrected chi connectivity index (χ0v) is 16.6. The van der Waals surface area contributed by atoms with E-state index in [2.05, 4.69) is 86.6 Å². The van der Waals surface area contributed by atoms with Crippen LogP contribution in [-0.2, 0) is 5.41 Å². The number of nitrogens with two attached hydrogens (primary N) is 1. The lowest BCUT2D eigenvalue weighted by Crippen LogP contribution is -2.57. The molecular weight excluding hydrogens is 353 g/mol. The Morgan fingerprint density at radius 3 is 1.97 bits per heavy atom. The zero-order valence-electron chi connectivity index (χ0n) is 16.6. The van der Waals surface area contributed by atoms with E-state index in [-0.39, 0.29) is 6.71 Å². The van der Waals surface area contributed by atoms with Gasteiger partial charge in [-0.15, -0.1) is 0 Å². The molecule has 4 aromatic rings. The second kappa shape index (κ2) is 5.67. The Morgan fingerprint density at radius 2 is 1.34 bits per heavy atom. The maximum atomic E-state index is 6.54. The molecule has 2 nitrogen and oxygen atoms in total. The molecule has 140 valence electrons. The van der Waals surface area contributed by atoms with Crippen LogP contribution in [0.15, 0.2) is 83.5 Å². The van der Waals surface area contributed by atoms with Gasteiger partial charge in [-0.3, -0.25) is 0 Å². The van der Waals surface area contributed by atoms with Gasteiger partial charge in [-0.1, -0.05) is 97.9 Å². The fraction of sp³-hybridized carbons (Fsp3) is 0.154. The molecule has 0 fully saturated rings. The van der Waals surface area contributed by atoms with Gasteiger partial charge in [0.2, 0.25) is 6.71 Å². The van der Waals surface area contributed by atoms with E-state index >= 15 is 0 Å². The largest absolute Gasteiger partial charge is 0.466 e. The van der Waals surface area contributed by atoms with Gasteiger partial charge in [0.15, 0.2) is 0 Å². The average molecular weight is 375 g/mol.